The average Bonchev–Trinajstić information content (AvgIpc) is 2.58. The summed E-state index contributed by atoms with van der Waals surface area (Å²) in [6, 6.07) is 1.82. The number of anilines is 1. The smallest absolute Gasteiger partial charge is 0.228 e. The van der Waals surface area contributed by atoms with Gasteiger partial charge in [-0.1, -0.05) is 0 Å². The van der Waals surface area contributed by atoms with Crippen LogP contribution in [0.3, 0.4) is 0 Å². The molecule has 0 aromatic carbocycles. The summed E-state index contributed by atoms with van der Waals surface area (Å²) in [6.07, 6.45) is 2.05. The predicted molar refractivity (Wildman–Crippen MR) is 60.5 cm³/mol. The van der Waals surface area contributed by atoms with Crippen molar-refractivity contribution in [3.63, 3.8) is 0 Å². The van der Waals surface area contributed by atoms with Crippen molar-refractivity contribution in [2.75, 3.05) is 18.6 Å². The second-order valence-corrected chi connectivity index (χ2v) is 3.99. The maximum atomic E-state index is 11.6. The van der Waals surface area contributed by atoms with E-state index in [9.17, 15) is 4.79 Å². The fourth-order valence-electron chi connectivity index (χ4n) is 1.89. The van der Waals surface area contributed by atoms with Gasteiger partial charge in [0, 0.05) is 24.6 Å². The zero-order valence-electron chi connectivity index (χ0n) is 9.43. The van der Waals surface area contributed by atoms with Gasteiger partial charge in [0.2, 0.25) is 11.8 Å². The lowest BCUT2D eigenvalue weighted by Crippen LogP contribution is -2.28. The highest BCUT2D eigenvalue weighted by Gasteiger charge is 2.28. The molecule has 5 nitrogen and oxygen atoms in total. The van der Waals surface area contributed by atoms with E-state index >= 15 is 0 Å². The number of methoxy groups -OCH3 is 1. The SMILES string of the molecule is COc1ncc(N2CC(N)CC2=O)cc1C. The Morgan fingerprint density at radius 1 is 1.62 bits per heavy atom. The summed E-state index contributed by atoms with van der Waals surface area (Å²) in [5.41, 5.74) is 7.44. The highest BCUT2D eigenvalue weighted by atomic mass is 16.5. The summed E-state index contributed by atoms with van der Waals surface area (Å²) in [5, 5.41) is 0. The van der Waals surface area contributed by atoms with Crippen LogP contribution in [-0.2, 0) is 4.79 Å². The number of carbonyl (C=O) groups excluding carboxylic acids is 1. The monoisotopic (exact) mass is 221 g/mol. The molecule has 0 bridgehead atoms. The van der Waals surface area contributed by atoms with E-state index in [0.717, 1.165) is 11.3 Å². The van der Waals surface area contributed by atoms with E-state index < -0.39 is 0 Å². The van der Waals surface area contributed by atoms with Gasteiger partial charge in [-0.15, -0.1) is 0 Å². The van der Waals surface area contributed by atoms with Gasteiger partial charge in [-0.2, -0.15) is 0 Å². The van der Waals surface area contributed by atoms with E-state index in [2.05, 4.69) is 4.98 Å². The van der Waals surface area contributed by atoms with Crippen LogP contribution in [0.4, 0.5) is 5.69 Å². The number of pyridine rings is 1. The number of carbonyl (C=O) groups is 1. The van der Waals surface area contributed by atoms with Gasteiger partial charge in [0.1, 0.15) is 0 Å². The number of nitrogens with zero attached hydrogens (tertiary/aromatic N) is 2. The fraction of sp³-hybridized carbons (Fsp3) is 0.455. The molecule has 0 spiro atoms. The first-order chi connectivity index (χ1) is 7.61. The molecular weight excluding hydrogens is 206 g/mol. The first-order valence-corrected chi connectivity index (χ1v) is 5.18. The van der Waals surface area contributed by atoms with Crippen LogP contribution in [0.1, 0.15) is 12.0 Å². The Kier molecular flexibility index (Phi) is 2.78. The lowest BCUT2D eigenvalue weighted by atomic mass is 10.2. The minimum absolute atomic E-state index is 0.0545. The van der Waals surface area contributed by atoms with E-state index in [0.29, 0.717) is 18.8 Å². The molecule has 1 atom stereocenters. The van der Waals surface area contributed by atoms with Crippen molar-refractivity contribution in [3.05, 3.63) is 17.8 Å². The molecule has 0 saturated carbocycles. The molecule has 1 amide bonds. The van der Waals surface area contributed by atoms with E-state index in [1.807, 2.05) is 13.0 Å². The third kappa shape index (κ3) is 1.86. The number of hydrogen-bond acceptors (Lipinski definition) is 4. The third-order valence-electron chi connectivity index (χ3n) is 2.68. The number of aromatic nitrogens is 1. The molecule has 2 N–H and O–H groups in total. The Morgan fingerprint density at radius 2 is 2.38 bits per heavy atom. The average molecular weight is 221 g/mol. The second kappa shape index (κ2) is 4.09. The Labute approximate surface area is 94.2 Å². The molecule has 1 aliphatic heterocycles. The minimum Gasteiger partial charge on any atom is -0.481 e. The standard InChI is InChI=1S/C11H15N3O2/c1-7-3-9(5-13-11(7)16-2)14-6-8(12)4-10(14)15/h3,5,8H,4,6,12H2,1-2H3. The summed E-state index contributed by atoms with van der Waals surface area (Å²) in [6.45, 7) is 2.46. The molecule has 1 saturated heterocycles. The highest BCUT2D eigenvalue weighted by Crippen LogP contribution is 2.24. The molecule has 1 aromatic heterocycles. The van der Waals surface area contributed by atoms with Crippen LogP contribution in [0, 0.1) is 6.92 Å². The van der Waals surface area contributed by atoms with Gasteiger partial charge in [-0.3, -0.25) is 4.79 Å². The number of hydrogen-bond donors (Lipinski definition) is 1. The summed E-state index contributed by atoms with van der Waals surface area (Å²) in [7, 11) is 1.58. The van der Waals surface area contributed by atoms with Gasteiger partial charge < -0.3 is 15.4 Å². The zero-order chi connectivity index (χ0) is 11.7. The summed E-state index contributed by atoms with van der Waals surface area (Å²) in [5.74, 6) is 0.638. The van der Waals surface area contributed by atoms with Crippen molar-refractivity contribution in [2.24, 2.45) is 5.73 Å². The van der Waals surface area contributed by atoms with Crippen molar-refractivity contribution < 1.29 is 9.53 Å². The maximum absolute atomic E-state index is 11.6. The van der Waals surface area contributed by atoms with Gasteiger partial charge >= 0.3 is 0 Å². The van der Waals surface area contributed by atoms with Crippen LogP contribution in [0.5, 0.6) is 5.88 Å². The number of nitrogens with two attached hydrogens (primary N) is 1. The summed E-state index contributed by atoms with van der Waals surface area (Å²) < 4.78 is 5.07. The molecule has 5 heteroatoms. The van der Waals surface area contributed by atoms with Gasteiger partial charge in [0.25, 0.3) is 0 Å². The Balaban J connectivity index is 2.28. The molecule has 16 heavy (non-hydrogen) atoms. The van der Waals surface area contributed by atoms with Gasteiger partial charge in [-0.05, 0) is 13.0 Å². The largest absolute Gasteiger partial charge is 0.481 e. The van der Waals surface area contributed by atoms with Crippen molar-refractivity contribution in [3.8, 4) is 5.88 Å². The lowest BCUT2D eigenvalue weighted by Gasteiger charge is -2.16. The van der Waals surface area contributed by atoms with Crippen molar-refractivity contribution in [1.29, 1.82) is 0 Å². The van der Waals surface area contributed by atoms with E-state index in [-0.39, 0.29) is 11.9 Å². The molecule has 1 aliphatic rings. The summed E-state index contributed by atoms with van der Waals surface area (Å²) >= 11 is 0. The normalized spacial score (nSPS) is 20.3. The van der Waals surface area contributed by atoms with Gasteiger partial charge in [0.15, 0.2) is 0 Å². The topological polar surface area (TPSA) is 68.4 Å². The second-order valence-electron chi connectivity index (χ2n) is 3.99. The van der Waals surface area contributed by atoms with Gasteiger partial charge in [0.05, 0.1) is 19.0 Å². The Hall–Kier alpha value is -1.62. The Morgan fingerprint density at radius 3 is 2.88 bits per heavy atom. The predicted octanol–water partition coefficient (Wildman–Crippen LogP) is 0.463. The number of aryl methyl sites for hydroxylation is 1. The first kappa shape index (κ1) is 10.9. The van der Waals surface area contributed by atoms with Crippen LogP contribution in [0.15, 0.2) is 12.3 Å². The van der Waals surface area contributed by atoms with Crippen LogP contribution >= 0.6 is 0 Å². The van der Waals surface area contributed by atoms with Crippen molar-refractivity contribution >= 4 is 11.6 Å². The van der Waals surface area contributed by atoms with Gasteiger partial charge in [-0.25, -0.2) is 4.98 Å². The summed E-state index contributed by atoms with van der Waals surface area (Å²) in [4.78, 5) is 17.5. The third-order valence-corrected chi connectivity index (χ3v) is 2.68. The highest BCUT2D eigenvalue weighted by molar-refractivity contribution is 5.96. The molecule has 1 unspecified atom stereocenters. The van der Waals surface area contributed by atoms with Crippen LogP contribution in [0.2, 0.25) is 0 Å². The minimum atomic E-state index is -0.0742. The van der Waals surface area contributed by atoms with E-state index in [1.165, 1.54) is 0 Å². The fourth-order valence-corrected chi connectivity index (χ4v) is 1.89. The van der Waals surface area contributed by atoms with Crippen molar-refractivity contribution in [1.82, 2.24) is 4.98 Å². The molecule has 2 rings (SSSR count). The lowest BCUT2D eigenvalue weighted by molar-refractivity contribution is -0.117. The first-order valence-electron chi connectivity index (χ1n) is 5.18. The maximum Gasteiger partial charge on any atom is 0.228 e. The molecule has 86 valence electrons. The Bertz CT molecular complexity index is 420. The molecular formula is C11H15N3O2. The van der Waals surface area contributed by atoms with E-state index in [4.69, 9.17) is 10.5 Å². The van der Waals surface area contributed by atoms with Crippen LogP contribution in [-0.4, -0.2) is 30.6 Å². The zero-order valence-corrected chi connectivity index (χ0v) is 9.43. The van der Waals surface area contributed by atoms with Crippen LogP contribution in [0.25, 0.3) is 0 Å². The van der Waals surface area contributed by atoms with Crippen molar-refractivity contribution in [2.45, 2.75) is 19.4 Å². The number of amides is 1. The molecule has 2 heterocycles. The quantitative estimate of drug-likeness (QED) is 0.788. The molecule has 0 aliphatic carbocycles. The van der Waals surface area contributed by atoms with Crippen LogP contribution < -0.4 is 15.4 Å². The molecule has 1 fully saturated rings. The van der Waals surface area contributed by atoms with E-state index in [1.54, 1.807) is 18.2 Å². The number of ether oxygens (including phenoxy) is 1. The molecule has 0 radical (unpaired) electrons. The number of rotatable bonds is 2. The molecule has 1 aromatic rings.